The lowest BCUT2D eigenvalue weighted by molar-refractivity contribution is -0.144. The van der Waals surface area contributed by atoms with E-state index in [9.17, 15) is 19.2 Å². The minimum Gasteiger partial charge on any atom is -0.481 e. The number of rotatable bonds is 8. The summed E-state index contributed by atoms with van der Waals surface area (Å²) in [6.45, 7) is 0. The monoisotopic (exact) mass is 276 g/mol. The Balaban J connectivity index is 4.41. The molecule has 0 spiro atoms. The van der Waals surface area contributed by atoms with E-state index >= 15 is 0 Å². The molecular weight excluding hydrogens is 260 g/mol. The molecule has 0 aliphatic heterocycles. The van der Waals surface area contributed by atoms with Crippen LogP contribution in [0.4, 0.5) is 0 Å². The summed E-state index contributed by atoms with van der Waals surface area (Å²) in [5, 5.41) is 19.4. The Bertz CT molecular complexity index is 369. The molecule has 0 rings (SSSR count). The maximum absolute atomic E-state index is 11.4. The second-order valence-corrected chi connectivity index (χ2v) is 3.72. The summed E-state index contributed by atoms with van der Waals surface area (Å²) in [5.41, 5.74) is 5.27. The summed E-state index contributed by atoms with van der Waals surface area (Å²) in [6.07, 6.45) is -0.982. The maximum atomic E-state index is 11.4. The van der Waals surface area contributed by atoms with Crippen LogP contribution < -0.4 is 11.1 Å². The van der Waals surface area contributed by atoms with Gasteiger partial charge in [0.1, 0.15) is 6.04 Å². The Labute approximate surface area is 108 Å². The van der Waals surface area contributed by atoms with Crippen LogP contribution in [0, 0.1) is 0 Å². The lowest BCUT2D eigenvalue weighted by atomic mass is 10.1. The van der Waals surface area contributed by atoms with Crippen molar-refractivity contribution in [3.63, 3.8) is 0 Å². The Morgan fingerprint density at radius 2 is 1.84 bits per heavy atom. The summed E-state index contributed by atoms with van der Waals surface area (Å²) in [5.74, 6) is -4.14. The molecule has 0 aromatic carbocycles. The van der Waals surface area contributed by atoms with Gasteiger partial charge in [-0.2, -0.15) is 0 Å². The van der Waals surface area contributed by atoms with Crippen LogP contribution in [0.2, 0.25) is 0 Å². The third kappa shape index (κ3) is 6.99. The first-order valence-electron chi connectivity index (χ1n) is 5.35. The first kappa shape index (κ1) is 16.8. The zero-order valence-corrected chi connectivity index (χ0v) is 10.3. The van der Waals surface area contributed by atoms with Crippen LogP contribution in [-0.2, 0) is 23.9 Å². The predicted molar refractivity (Wildman–Crippen MR) is 61.0 cm³/mol. The van der Waals surface area contributed by atoms with Gasteiger partial charge in [-0.1, -0.05) is 0 Å². The predicted octanol–water partition coefficient (Wildman–Crippen LogP) is -1.69. The second-order valence-electron chi connectivity index (χ2n) is 3.72. The number of aliphatic carboxylic acids is 2. The van der Waals surface area contributed by atoms with Crippen LogP contribution in [0.25, 0.3) is 0 Å². The second kappa shape index (κ2) is 8.03. The standard InChI is InChI=1S/C10H16N2O7/c1-19-8(15)3-2-6(10(17)18)12-9(16)5(11)4-7(13)14/h5-6H,2-4,11H2,1H3,(H,12,16)(H,13,14)(H,17,18)/t5?,6-/m0/s1. The van der Waals surface area contributed by atoms with Crippen molar-refractivity contribution >= 4 is 23.8 Å². The Hall–Kier alpha value is -2.16. The molecule has 9 nitrogen and oxygen atoms in total. The van der Waals surface area contributed by atoms with Crippen LogP contribution in [-0.4, -0.2) is 53.2 Å². The Morgan fingerprint density at radius 3 is 2.26 bits per heavy atom. The van der Waals surface area contributed by atoms with Gasteiger partial charge in [0.2, 0.25) is 5.91 Å². The number of hydrogen-bond acceptors (Lipinski definition) is 6. The van der Waals surface area contributed by atoms with E-state index in [0.29, 0.717) is 0 Å². The third-order valence-electron chi connectivity index (χ3n) is 2.21. The van der Waals surface area contributed by atoms with E-state index in [2.05, 4.69) is 10.1 Å². The van der Waals surface area contributed by atoms with Gasteiger partial charge in [0.05, 0.1) is 19.6 Å². The number of ether oxygens (including phenoxy) is 1. The minimum absolute atomic E-state index is 0.173. The average molecular weight is 276 g/mol. The van der Waals surface area contributed by atoms with E-state index in [1.807, 2.05) is 0 Å². The molecule has 0 saturated heterocycles. The van der Waals surface area contributed by atoms with E-state index < -0.39 is 42.3 Å². The molecule has 0 aliphatic carbocycles. The van der Waals surface area contributed by atoms with Crippen LogP contribution in [0.15, 0.2) is 0 Å². The summed E-state index contributed by atoms with van der Waals surface area (Å²) in [7, 11) is 1.15. The lowest BCUT2D eigenvalue weighted by Gasteiger charge is -2.16. The van der Waals surface area contributed by atoms with Crippen molar-refractivity contribution in [1.29, 1.82) is 0 Å². The number of carboxylic acid groups (broad SMARTS) is 2. The molecule has 0 bridgehead atoms. The van der Waals surface area contributed by atoms with Gasteiger partial charge in [0.15, 0.2) is 0 Å². The van der Waals surface area contributed by atoms with Gasteiger partial charge in [0.25, 0.3) is 0 Å². The molecular formula is C10H16N2O7. The van der Waals surface area contributed by atoms with E-state index in [1.54, 1.807) is 0 Å². The maximum Gasteiger partial charge on any atom is 0.326 e. The van der Waals surface area contributed by atoms with Gasteiger partial charge in [-0.05, 0) is 6.42 Å². The van der Waals surface area contributed by atoms with Gasteiger partial charge in [-0.15, -0.1) is 0 Å². The zero-order valence-electron chi connectivity index (χ0n) is 10.3. The fraction of sp³-hybridized carbons (Fsp3) is 0.600. The smallest absolute Gasteiger partial charge is 0.326 e. The number of hydrogen-bond donors (Lipinski definition) is 4. The number of carboxylic acids is 2. The number of carbonyl (C=O) groups is 4. The first-order chi connectivity index (χ1) is 8.77. The quantitative estimate of drug-likeness (QED) is 0.382. The van der Waals surface area contributed by atoms with Crippen LogP contribution in [0.3, 0.4) is 0 Å². The molecule has 2 atom stereocenters. The molecule has 1 amide bonds. The zero-order chi connectivity index (χ0) is 15.0. The number of methoxy groups -OCH3 is 1. The van der Waals surface area contributed by atoms with E-state index in [4.69, 9.17) is 15.9 Å². The van der Waals surface area contributed by atoms with E-state index in [-0.39, 0.29) is 12.8 Å². The molecule has 0 fully saturated rings. The first-order valence-corrected chi connectivity index (χ1v) is 5.35. The van der Waals surface area contributed by atoms with Gasteiger partial charge < -0.3 is 26.0 Å². The molecule has 19 heavy (non-hydrogen) atoms. The van der Waals surface area contributed by atoms with Gasteiger partial charge in [0, 0.05) is 6.42 Å². The molecule has 108 valence electrons. The van der Waals surface area contributed by atoms with Crippen LogP contribution in [0.1, 0.15) is 19.3 Å². The largest absolute Gasteiger partial charge is 0.481 e. The van der Waals surface area contributed by atoms with Crippen LogP contribution >= 0.6 is 0 Å². The van der Waals surface area contributed by atoms with E-state index in [0.717, 1.165) is 7.11 Å². The Kier molecular flexibility index (Phi) is 7.12. The highest BCUT2D eigenvalue weighted by Crippen LogP contribution is 2.01. The number of nitrogens with one attached hydrogen (secondary N) is 1. The topological polar surface area (TPSA) is 156 Å². The minimum atomic E-state index is -1.35. The van der Waals surface area contributed by atoms with Crippen molar-refractivity contribution < 1.29 is 34.1 Å². The van der Waals surface area contributed by atoms with Crippen molar-refractivity contribution in [2.24, 2.45) is 5.73 Å². The average Bonchev–Trinajstić information content (AvgIpc) is 2.32. The summed E-state index contributed by atoms with van der Waals surface area (Å²) in [6, 6.07) is -2.68. The van der Waals surface area contributed by atoms with Crippen LogP contribution in [0.5, 0.6) is 0 Å². The fourth-order valence-electron chi connectivity index (χ4n) is 1.18. The molecule has 5 N–H and O–H groups in total. The number of amides is 1. The van der Waals surface area contributed by atoms with Crippen molar-refractivity contribution in [1.82, 2.24) is 5.32 Å². The van der Waals surface area contributed by atoms with Gasteiger partial charge in [-0.3, -0.25) is 14.4 Å². The molecule has 0 aromatic rings. The molecule has 0 saturated carbocycles. The molecule has 0 aromatic heterocycles. The highest BCUT2D eigenvalue weighted by Gasteiger charge is 2.25. The van der Waals surface area contributed by atoms with Crippen molar-refractivity contribution in [2.75, 3.05) is 7.11 Å². The molecule has 1 unspecified atom stereocenters. The summed E-state index contributed by atoms with van der Waals surface area (Å²) >= 11 is 0. The molecule has 9 heteroatoms. The third-order valence-corrected chi connectivity index (χ3v) is 2.21. The fourth-order valence-corrected chi connectivity index (χ4v) is 1.18. The summed E-state index contributed by atoms with van der Waals surface area (Å²) in [4.78, 5) is 43.5. The highest BCUT2D eigenvalue weighted by molar-refractivity contribution is 5.89. The Morgan fingerprint density at radius 1 is 1.26 bits per heavy atom. The SMILES string of the molecule is COC(=O)CC[C@H](NC(=O)C(N)CC(=O)O)C(=O)O. The molecule has 0 aliphatic rings. The number of carbonyl (C=O) groups excluding carboxylic acids is 2. The van der Waals surface area contributed by atoms with Crippen molar-refractivity contribution in [2.45, 2.75) is 31.3 Å². The highest BCUT2D eigenvalue weighted by atomic mass is 16.5. The number of esters is 1. The lowest BCUT2D eigenvalue weighted by Crippen LogP contribution is -2.49. The molecule has 0 heterocycles. The van der Waals surface area contributed by atoms with Gasteiger partial charge in [-0.25, -0.2) is 4.79 Å². The number of nitrogens with two attached hydrogens (primary N) is 1. The van der Waals surface area contributed by atoms with Crippen molar-refractivity contribution in [3.8, 4) is 0 Å². The van der Waals surface area contributed by atoms with Gasteiger partial charge >= 0.3 is 17.9 Å². The van der Waals surface area contributed by atoms with E-state index in [1.165, 1.54) is 0 Å². The molecule has 0 radical (unpaired) electrons. The normalized spacial score (nSPS) is 13.2. The van der Waals surface area contributed by atoms with Crippen molar-refractivity contribution in [3.05, 3.63) is 0 Å². The summed E-state index contributed by atoms with van der Waals surface area (Å²) < 4.78 is 4.34.